The number of piperidine rings is 1. The third-order valence-corrected chi connectivity index (χ3v) is 5.20. The van der Waals surface area contributed by atoms with Crippen LogP contribution in [0.5, 0.6) is 0 Å². The standard InChI is InChI=1S/C20H24N2/c1-2-6-18(7-3-1)19-8-4-5-17(15-19)16-22-14-13-21-11-9-20(22)10-12-21/h1-8,15,20H,9-14,16H2. The van der Waals surface area contributed by atoms with E-state index in [4.69, 9.17) is 0 Å². The molecule has 3 aliphatic heterocycles. The van der Waals surface area contributed by atoms with Crippen molar-refractivity contribution in [2.24, 2.45) is 0 Å². The summed E-state index contributed by atoms with van der Waals surface area (Å²) in [6.45, 7) is 6.16. The normalized spacial score (nSPS) is 25.1. The number of fused-ring (bicyclic) bond motifs is 4. The summed E-state index contributed by atoms with van der Waals surface area (Å²) < 4.78 is 0. The van der Waals surface area contributed by atoms with E-state index in [-0.39, 0.29) is 0 Å². The molecule has 22 heavy (non-hydrogen) atoms. The Morgan fingerprint density at radius 3 is 2.36 bits per heavy atom. The van der Waals surface area contributed by atoms with E-state index in [2.05, 4.69) is 64.4 Å². The molecular formula is C20H24N2. The molecular weight excluding hydrogens is 268 g/mol. The third-order valence-electron chi connectivity index (χ3n) is 5.20. The first-order valence-electron chi connectivity index (χ1n) is 8.49. The summed E-state index contributed by atoms with van der Waals surface area (Å²) in [7, 11) is 0. The van der Waals surface area contributed by atoms with Crippen LogP contribution in [0.15, 0.2) is 54.6 Å². The molecule has 3 saturated heterocycles. The fourth-order valence-electron chi connectivity index (χ4n) is 3.88. The molecule has 2 bridgehead atoms. The molecule has 5 rings (SSSR count). The van der Waals surface area contributed by atoms with Crippen LogP contribution < -0.4 is 0 Å². The lowest BCUT2D eigenvalue weighted by Gasteiger charge is -2.31. The second kappa shape index (κ2) is 6.23. The largest absolute Gasteiger partial charge is 0.302 e. The van der Waals surface area contributed by atoms with Crippen LogP contribution in [0.1, 0.15) is 18.4 Å². The second-order valence-corrected chi connectivity index (χ2v) is 6.61. The van der Waals surface area contributed by atoms with Crippen molar-refractivity contribution in [3.63, 3.8) is 0 Å². The SMILES string of the molecule is c1ccc(-c2cccc(CN3CCN4CCC3CC4)c2)cc1. The van der Waals surface area contributed by atoms with Gasteiger partial charge >= 0.3 is 0 Å². The van der Waals surface area contributed by atoms with Crippen LogP contribution >= 0.6 is 0 Å². The van der Waals surface area contributed by atoms with E-state index in [9.17, 15) is 0 Å². The van der Waals surface area contributed by atoms with Crippen molar-refractivity contribution in [3.8, 4) is 11.1 Å². The van der Waals surface area contributed by atoms with Gasteiger partial charge < -0.3 is 4.90 Å². The minimum atomic E-state index is 0.791. The van der Waals surface area contributed by atoms with Gasteiger partial charge in [0.05, 0.1) is 0 Å². The first-order chi connectivity index (χ1) is 10.9. The molecule has 0 radical (unpaired) electrons. The smallest absolute Gasteiger partial charge is 0.0237 e. The Labute approximate surface area is 133 Å². The molecule has 3 aliphatic rings. The minimum absolute atomic E-state index is 0.791. The Balaban J connectivity index is 1.53. The van der Waals surface area contributed by atoms with Crippen molar-refractivity contribution in [1.29, 1.82) is 0 Å². The van der Waals surface area contributed by atoms with Crippen LogP contribution in [-0.2, 0) is 6.54 Å². The average molecular weight is 292 g/mol. The molecule has 2 nitrogen and oxygen atoms in total. The van der Waals surface area contributed by atoms with E-state index in [1.807, 2.05) is 0 Å². The maximum absolute atomic E-state index is 2.71. The molecule has 0 spiro atoms. The molecule has 0 saturated carbocycles. The van der Waals surface area contributed by atoms with Gasteiger partial charge in [0, 0.05) is 25.7 Å². The maximum atomic E-state index is 2.71. The highest BCUT2D eigenvalue weighted by molar-refractivity contribution is 5.63. The molecule has 2 aromatic rings. The molecule has 3 heterocycles. The van der Waals surface area contributed by atoms with Gasteiger partial charge in [0.15, 0.2) is 0 Å². The predicted molar refractivity (Wildman–Crippen MR) is 91.8 cm³/mol. The van der Waals surface area contributed by atoms with Gasteiger partial charge in [0.25, 0.3) is 0 Å². The van der Waals surface area contributed by atoms with Crippen molar-refractivity contribution in [1.82, 2.24) is 9.80 Å². The zero-order valence-electron chi connectivity index (χ0n) is 13.1. The molecule has 2 aromatic carbocycles. The van der Waals surface area contributed by atoms with Crippen molar-refractivity contribution >= 4 is 0 Å². The van der Waals surface area contributed by atoms with Gasteiger partial charge in [0.1, 0.15) is 0 Å². The van der Waals surface area contributed by atoms with Crippen LogP contribution in [0.2, 0.25) is 0 Å². The Kier molecular flexibility index (Phi) is 3.96. The molecule has 0 unspecified atom stereocenters. The van der Waals surface area contributed by atoms with E-state index in [0.717, 1.165) is 12.6 Å². The monoisotopic (exact) mass is 292 g/mol. The van der Waals surface area contributed by atoms with Crippen LogP contribution in [0, 0.1) is 0 Å². The van der Waals surface area contributed by atoms with Gasteiger partial charge in [-0.15, -0.1) is 0 Å². The highest BCUT2D eigenvalue weighted by atomic mass is 15.3. The topological polar surface area (TPSA) is 6.48 Å². The lowest BCUT2D eigenvalue weighted by atomic mass is 10.0. The Morgan fingerprint density at radius 1 is 0.773 bits per heavy atom. The predicted octanol–water partition coefficient (Wildman–Crippen LogP) is 3.63. The zero-order chi connectivity index (χ0) is 14.8. The molecule has 0 amide bonds. The van der Waals surface area contributed by atoms with Crippen LogP contribution in [0.4, 0.5) is 0 Å². The highest BCUT2D eigenvalue weighted by Crippen LogP contribution is 2.25. The van der Waals surface area contributed by atoms with Crippen molar-refractivity contribution in [2.75, 3.05) is 26.2 Å². The minimum Gasteiger partial charge on any atom is -0.302 e. The molecule has 0 aromatic heterocycles. The summed E-state index contributed by atoms with van der Waals surface area (Å²) in [5.74, 6) is 0. The fourth-order valence-corrected chi connectivity index (χ4v) is 3.88. The molecule has 0 N–H and O–H groups in total. The lowest BCUT2D eigenvalue weighted by molar-refractivity contribution is 0.176. The van der Waals surface area contributed by atoms with E-state index in [0.29, 0.717) is 0 Å². The number of benzene rings is 2. The van der Waals surface area contributed by atoms with Gasteiger partial charge in [-0.2, -0.15) is 0 Å². The van der Waals surface area contributed by atoms with E-state index in [1.54, 1.807) is 0 Å². The number of nitrogens with zero attached hydrogens (tertiary/aromatic N) is 2. The van der Waals surface area contributed by atoms with Gasteiger partial charge in [-0.05, 0) is 48.7 Å². The molecule has 2 heteroatoms. The fraction of sp³-hybridized carbons (Fsp3) is 0.400. The Hall–Kier alpha value is -1.64. The third kappa shape index (κ3) is 2.94. The van der Waals surface area contributed by atoms with Crippen molar-refractivity contribution in [2.45, 2.75) is 25.4 Å². The summed E-state index contributed by atoms with van der Waals surface area (Å²) in [5.41, 5.74) is 4.09. The molecule has 3 fully saturated rings. The van der Waals surface area contributed by atoms with E-state index >= 15 is 0 Å². The maximum Gasteiger partial charge on any atom is 0.0237 e. The first kappa shape index (κ1) is 14.0. The van der Waals surface area contributed by atoms with E-state index < -0.39 is 0 Å². The Bertz CT molecular complexity index is 615. The summed E-state index contributed by atoms with van der Waals surface area (Å²) in [6.07, 6.45) is 2.69. The summed E-state index contributed by atoms with van der Waals surface area (Å²) in [5, 5.41) is 0. The number of rotatable bonds is 3. The molecule has 0 aliphatic carbocycles. The van der Waals surface area contributed by atoms with E-state index in [1.165, 1.54) is 55.7 Å². The van der Waals surface area contributed by atoms with Crippen LogP contribution in [0.25, 0.3) is 11.1 Å². The average Bonchev–Trinajstić information content (AvgIpc) is 2.90. The van der Waals surface area contributed by atoms with Crippen molar-refractivity contribution < 1.29 is 0 Å². The number of hydrogen-bond acceptors (Lipinski definition) is 2. The van der Waals surface area contributed by atoms with Crippen LogP contribution in [0.3, 0.4) is 0 Å². The Morgan fingerprint density at radius 2 is 1.55 bits per heavy atom. The summed E-state index contributed by atoms with van der Waals surface area (Å²) in [4.78, 5) is 5.33. The molecule has 0 atom stereocenters. The summed E-state index contributed by atoms with van der Waals surface area (Å²) in [6, 6.07) is 20.6. The quantitative estimate of drug-likeness (QED) is 0.852. The summed E-state index contributed by atoms with van der Waals surface area (Å²) >= 11 is 0. The van der Waals surface area contributed by atoms with Gasteiger partial charge in [-0.1, -0.05) is 48.5 Å². The lowest BCUT2D eigenvalue weighted by Crippen LogP contribution is -2.37. The molecule has 114 valence electrons. The van der Waals surface area contributed by atoms with Crippen LogP contribution in [-0.4, -0.2) is 42.0 Å². The van der Waals surface area contributed by atoms with Crippen molar-refractivity contribution in [3.05, 3.63) is 60.2 Å². The highest BCUT2D eigenvalue weighted by Gasteiger charge is 2.28. The van der Waals surface area contributed by atoms with Gasteiger partial charge in [0.2, 0.25) is 0 Å². The first-order valence-corrected chi connectivity index (χ1v) is 8.49. The number of hydrogen-bond donors (Lipinski definition) is 0. The van der Waals surface area contributed by atoms with Gasteiger partial charge in [-0.3, -0.25) is 4.90 Å². The van der Waals surface area contributed by atoms with Gasteiger partial charge in [-0.25, -0.2) is 0 Å². The zero-order valence-corrected chi connectivity index (χ0v) is 13.1. The second-order valence-electron chi connectivity index (χ2n) is 6.61.